The van der Waals surface area contributed by atoms with Crippen molar-refractivity contribution in [1.82, 2.24) is 10.2 Å². The van der Waals surface area contributed by atoms with Gasteiger partial charge in [-0.25, -0.2) is 0 Å². The fraction of sp³-hybridized carbons (Fsp3) is 0.562. The van der Waals surface area contributed by atoms with Crippen molar-refractivity contribution >= 4 is 11.6 Å². The van der Waals surface area contributed by atoms with E-state index in [0.717, 1.165) is 25.9 Å². The zero-order valence-corrected chi connectivity index (χ0v) is 13.1. The topological polar surface area (TPSA) is 67.6 Å². The third kappa shape index (κ3) is 3.67. The summed E-state index contributed by atoms with van der Waals surface area (Å²) >= 11 is 0. The number of hydrogen-bond donors (Lipinski definition) is 2. The van der Waals surface area contributed by atoms with E-state index in [2.05, 4.69) is 24.2 Å². The second-order valence-electron chi connectivity index (χ2n) is 6.22. The summed E-state index contributed by atoms with van der Waals surface area (Å²) in [5.74, 6) is 0.403. The molecule has 1 aliphatic rings. The van der Waals surface area contributed by atoms with E-state index in [4.69, 9.17) is 10.5 Å². The van der Waals surface area contributed by atoms with Crippen LogP contribution in [0.2, 0.25) is 0 Å². The zero-order valence-electron chi connectivity index (χ0n) is 13.1. The smallest absolute Gasteiger partial charge is 0.253 e. The largest absolute Gasteiger partial charge is 0.495 e. The van der Waals surface area contributed by atoms with E-state index in [1.54, 1.807) is 25.3 Å². The van der Waals surface area contributed by atoms with Gasteiger partial charge in [0.05, 0.1) is 18.4 Å². The minimum Gasteiger partial charge on any atom is -0.495 e. The molecule has 0 atom stereocenters. The van der Waals surface area contributed by atoms with Crippen LogP contribution >= 0.6 is 0 Å². The van der Waals surface area contributed by atoms with Crippen molar-refractivity contribution in [3.63, 3.8) is 0 Å². The zero-order chi connectivity index (χ0) is 15.5. The fourth-order valence-corrected chi connectivity index (χ4v) is 2.64. The number of anilines is 1. The number of benzene rings is 1. The Kier molecular flexibility index (Phi) is 4.73. The number of carbonyl (C=O) groups is 1. The molecule has 1 heterocycles. The van der Waals surface area contributed by atoms with Crippen LogP contribution in [0.25, 0.3) is 0 Å². The van der Waals surface area contributed by atoms with E-state index in [1.165, 1.54) is 0 Å². The molecule has 5 heteroatoms. The summed E-state index contributed by atoms with van der Waals surface area (Å²) in [5.41, 5.74) is 7.00. The molecule has 0 saturated carbocycles. The Morgan fingerprint density at radius 2 is 2.10 bits per heavy atom. The molecule has 0 unspecified atom stereocenters. The van der Waals surface area contributed by atoms with Crippen molar-refractivity contribution in [3.05, 3.63) is 23.8 Å². The van der Waals surface area contributed by atoms with E-state index in [-0.39, 0.29) is 11.3 Å². The number of nitrogens with two attached hydrogens (primary N) is 1. The minimum atomic E-state index is -0.133. The number of piperidine rings is 1. The van der Waals surface area contributed by atoms with Gasteiger partial charge in [-0.2, -0.15) is 0 Å². The van der Waals surface area contributed by atoms with E-state index in [0.29, 0.717) is 23.5 Å². The Morgan fingerprint density at radius 1 is 1.43 bits per heavy atom. The number of hydrogen-bond acceptors (Lipinski definition) is 4. The van der Waals surface area contributed by atoms with Gasteiger partial charge in [-0.15, -0.1) is 0 Å². The molecule has 1 aromatic rings. The molecule has 1 amide bonds. The highest BCUT2D eigenvalue weighted by Crippen LogP contribution is 2.30. The van der Waals surface area contributed by atoms with Gasteiger partial charge in [-0.3, -0.25) is 4.79 Å². The Bertz CT molecular complexity index is 508. The van der Waals surface area contributed by atoms with Gasteiger partial charge in [0.1, 0.15) is 5.75 Å². The standard InChI is InChI=1S/C16H25N3O2/c1-16(7-9-19(2)10-8-16)11-18-15(20)12-5-4-6-13(21-3)14(12)17/h4-6H,7-11,17H2,1-3H3,(H,18,20). The van der Waals surface area contributed by atoms with Crippen LogP contribution in [0.1, 0.15) is 30.1 Å². The number of nitrogens with one attached hydrogen (secondary N) is 1. The Balaban J connectivity index is 1.99. The summed E-state index contributed by atoms with van der Waals surface area (Å²) in [7, 11) is 3.68. The summed E-state index contributed by atoms with van der Waals surface area (Å²) in [6.07, 6.45) is 2.19. The summed E-state index contributed by atoms with van der Waals surface area (Å²) < 4.78 is 5.15. The maximum atomic E-state index is 12.3. The lowest BCUT2D eigenvalue weighted by atomic mass is 9.80. The molecule has 1 aliphatic heterocycles. The molecule has 0 aromatic heterocycles. The summed E-state index contributed by atoms with van der Waals surface area (Å²) in [6.45, 7) is 5.06. The van der Waals surface area contributed by atoms with Crippen molar-refractivity contribution < 1.29 is 9.53 Å². The van der Waals surface area contributed by atoms with Crippen LogP contribution in [0.4, 0.5) is 5.69 Å². The molecule has 0 aliphatic carbocycles. The minimum absolute atomic E-state index is 0.133. The van der Waals surface area contributed by atoms with E-state index in [1.807, 2.05) is 0 Å². The average molecular weight is 291 g/mol. The second-order valence-corrected chi connectivity index (χ2v) is 6.22. The number of ether oxygens (including phenoxy) is 1. The van der Waals surface area contributed by atoms with Gasteiger partial charge in [0, 0.05) is 6.54 Å². The lowest BCUT2D eigenvalue weighted by Gasteiger charge is -2.38. The summed E-state index contributed by atoms with van der Waals surface area (Å²) in [5, 5.41) is 3.02. The highest BCUT2D eigenvalue weighted by atomic mass is 16.5. The van der Waals surface area contributed by atoms with Gasteiger partial charge in [-0.05, 0) is 50.5 Å². The van der Waals surface area contributed by atoms with Gasteiger partial charge in [0.25, 0.3) is 5.91 Å². The van der Waals surface area contributed by atoms with Crippen LogP contribution in [-0.4, -0.2) is 44.6 Å². The molecule has 1 saturated heterocycles. The van der Waals surface area contributed by atoms with Gasteiger partial charge in [-0.1, -0.05) is 13.0 Å². The molecule has 21 heavy (non-hydrogen) atoms. The lowest BCUT2D eigenvalue weighted by Crippen LogP contribution is -2.43. The normalized spacial score (nSPS) is 18.2. The molecule has 1 aromatic carbocycles. The Morgan fingerprint density at radius 3 is 2.71 bits per heavy atom. The predicted octanol–water partition coefficient (Wildman–Crippen LogP) is 1.74. The number of methoxy groups -OCH3 is 1. The Hall–Kier alpha value is -1.75. The second kappa shape index (κ2) is 6.35. The van der Waals surface area contributed by atoms with Crippen molar-refractivity contribution in [2.45, 2.75) is 19.8 Å². The van der Waals surface area contributed by atoms with Gasteiger partial charge in [0.2, 0.25) is 0 Å². The molecule has 116 valence electrons. The molecule has 1 fully saturated rings. The molecule has 3 N–H and O–H groups in total. The highest BCUT2D eigenvalue weighted by Gasteiger charge is 2.29. The molecular weight excluding hydrogens is 266 g/mol. The van der Waals surface area contributed by atoms with Crippen LogP contribution in [-0.2, 0) is 0 Å². The average Bonchev–Trinajstić information content (AvgIpc) is 2.48. The van der Waals surface area contributed by atoms with Crippen LogP contribution in [0.15, 0.2) is 18.2 Å². The predicted molar refractivity (Wildman–Crippen MR) is 84.6 cm³/mol. The first-order chi connectivity index (χ1) is 9.95. The SMILES string of the molecule is COc1cccc(C(=O)NCC2(C)CCN(C)CC2)c1N. The highest BCUT2D eigenvalue weighted by molar-refractivity contribution is 6.00. The monoisotopic (exact) mass is 291 g/mol. The fourth-order valence-electron chi connectivity index (χ4n) is 2.64. The number of likely N-dealkylation sites (tertiary alicyclic amines) is 1. The lowest BCUT2D eigenvalue weighted by molar-refractivity contribution is 0.0892. The van der Waals surface area contributed by atoms with Gasteiger partial charge < -0.3 is 20.7 Å². The summed E-state index contributed by atoms with van der Waals surface area (Å²) in [6, 6.07) is 5.26. The number of para-hydroxylation sites is 1. The number of amides is 1. The van der Waals surface area contributed by atoms with Crippen LogP contribution < -0.4 is 15.8 Å². The van der Waals surface area contributed by atoms with Gasteiger partial charge >= 0.3 is 0 Å². The van der Waals surface area contributed by atoms with E-state index in [9.17, 15) is 4.79 Å². The molecular formula is C16H25N3O2. The quantitative estimate of drug-likeness (QED) is 0.829. The number of nitrogen functional groups attached to an aromatic ring is 1. The number of nitrogens with zero attached hydrogens (tertiary/aromatic N) is 1. The van der Waals surface area contributed by atoms with E-state index < -0.39 is 0 Å². The first-order valence-electron chi connectivity index (χ1n) is 7.34. The van der Waals surface area contributed by atoms with Crippen molar-refractivity contribution in [1.29, 1.82) is 0 Å². The van der Waals surface area contributed by atoms with Crippen LogP contribution in [0.5, 0.6) is 5.75 Å². The molecule has 2 rings (SSSR count). The van der Waals surface area contributed by atoms with Crippen LogP contribution in [0.3, 0.4) is 0 Å². The molecule has 0 bridgehead atoms. The van der Waals surface area contributed by atoms with Crippen molar-refractivity contribution in [2.24, 2.45) is 5.41 Å². The van der Waals surface area contributed by atoms with Crippen LogP contribution in [0, 0.1) is 5.41 Å². The molecule has 5 nitrogen and oxygen atoms in total. The first kappa shape index (κ1) is 15.6. The van der Waals surface area contributed by atoms with E-state index >= 15 is 0 Å². The Labute approximate surface area is 126 Å². The molecule has 0 spiro atoms. The van der Waals surface area contributed by atoms with Crippen molar-refractivity contribution in [2.75, 3.05) is 39.5 Å². The maximum absolute atomic E-state index is 12.3. The van der Waals surface area contributed by atoms with Gasteiger partial charge in [0.15, 0.2) is 0 Å². The first-order valence-corrected chi connectivity index (χ1v) is 7.34. The maximum Gasteiger partial charge on any atom is 0.253 e. The number of carbonyl (C=O) groups excluding carboxylic acids is 1. The third-order valence-corrected chi connectivity index (χ3v) is 4.40. The van der Waals surface area contributed by atoms with Crippen molar-refractivity contribution in [3.8, 4) is 5.75 Å². The summed E-state index contributed by atoms with van der Waals surface area (Å²) in [4.78, 5) is 14.6. The molecule has 0 radical (unpaired) electrons. The third-order valence-electron chi connectivity index (χ3n) is 4.40. The number of rotatable bonds is 4.